The molecule has 1 aromatic rings. The van der Waals surface area contributed by atoms with Crippen molar-refractivity contribution < 1.29 is 22.7 Å². The number of nitrogens with one attached hydrogen (secondary N) is 1. The summed E-state index contributed by atoms with van der Waals surface area (Å²) in [7, 11) is 0. The van der Waals surface area contributed by atoms with E-state index in [4.69, 9.17) is 10.5 Å². The Morgan fingerprint density at radius 2 is 1.86 bits per heavy atom. The molecule has 0 bridgehead atoms. The number of anilines is 1. The van der Waals surface area contributed by atoms with Crippen LogP contribution < -0.4 is 11.1 Å². The van der Waals surface area contributed by atoms with Crippen molar-refractivity contribution in [3.63, 3.8) is 0 Å². The first-order valence-electron chi connectivity index (χ1n) is 6.27. The fraction of sp³-hybridized carbons (Fsp3) is 0.462. The summed E-state index contributed by atoms with van der Waals surface area (Å²) < 4.78 is 43.6. The number of benzene rings is 1. The summed E-state index contributed by atoms with van der Waals surface area (Å²) in [6, 6.07) is 3.23. The zero-order valence-electron chi connectivity index (χ0n) is 11.4. The van der Waals surface area contributed by atoms with Crippen molar-refractivity contribution in [2.75, 3.05) is 18.5 Å². The van der Waals surface area contributed by atoms with Crippen LogP contribution >= 0.6 is 28.3 Å². The van der Waals surface area contributed by atoms with E-state index in [1.807, 2.05) is 0 Å². The minimum Gasteiger partial charge on any atom is -0.381 e. The van der Waals surface area contributed by atoms with Gasteiger partial charge in [0, 0.05) is 23.4 Å². The van der Waals surface area contributed by atoms with Crippen molar-refractivity contribution in [1.82, 2.24) is 0 Å². The van der Waals surface area contributed by atoms with E-state index in [0.29, 0.717) is 26.1 Å². The number of nitrogens with two attached hydrogens (primary N) is 1. The molecule has 2 rings (SSSR count). The first-order chi connectivity index (χ1) is 9.71. The van der Waals surface area contributed by atoms with Crippen LogP contribution in [-0.4, -0.2) is 24.7 Å². The second-order valence-electron chi connectivity index (χ2n) is 4.95. The van der Waals surface area contributed by atoms with Gasteiger partial charge in [0.05, 0.1) is 5.56 Å². The highest BCUT2D eigenvalue weighted by atomic mass is 79.9. The molecule has 3 N–H and O–H groups in total. The van der Waals surface area contributed by atoms with E-state index in [0.717, 1.165) is 12.1 Å². The number of amides is 1. The van der Waals surface area contributed by atoms with Gasteiger partial charge >= 0.3 is 6.18 Å². The normalized spacial score (nSPS) is 17.5. The maximum Gasteiger partial charge on any atom is 0.416 e. The fourth-order valence-electron chi connectivity index (χ4n) is 2.04. The van der Waals surface area contributed by atoms with Gasteiger partial charge in [0.25, 0.3) is 0 Å². The lowest BCUT2D eigenvalue weighted by atomic mass is 9.90. The van der Waals surface area contributed by atoms with Gasteiger partial charge in [-0.25, -0.2) is 0 Å². The number of carbonyl (C=O) groups excluding carboxylic acids is 1. The molecule has 0 aliphatic carbocycles. The molecule has 22 heavy (non-hydrogen) atoms. The summed E-state index contributed by atoms with van der Waals surface area (Å²) in [4.78, 5) is 12.2. The molecule has 4 nitrogen and oxygen atoms in total. The third kappa shape index (κ3) is 4.58. The van der Waals surface area contributed by atoms with Crippen molar-refractivity contribution in [3.05, 3.63) is 28.2 Å². The molecule has 1 saturated heterocycles. The predicted molar refractivity (Wildman–Crippen MR) is 82.0 cm³/mol. The standard InChI is InChI=1S/C13H14BrF3N2O2.ClH/c14-9-5-8(13(15,16)17)6-10(7-9)19-11(20)12(18)1-3-21-4-2-12;/h5-7H,1-4,18H2,(H,19,20);1H. The fourth-order valence-corrected chi connectivity index (χ4v) is 2.54. The maximum atomic E-state index is 12.7. The highest BCUT2D eigenvalue weighted by Crippen LogP contribution is 2.33. The average Bonchev–Trinajstić information content (AvgIpc) is 2.37. The van der Waals surface area contributed by atoms with E-state index < -0.39 is 23.2 Å². The molecular weight excluding hydrogens is 389 g/mol. The van der Waals surface area contributed by atoms with E-state index in [1.165, 1.54) is 6.07 Å². The summed E-state index contributed by atoms with van der Waals surface area (Å²) in [6.07, 6.45) is -3.82. The van der Waals surface area contributed by atoms with Gasteiger partial charge in [-0.3, -0.25) is 4.79 Å². The highest BCUT2D eigenvalue weighted by Gasteiger charge is 2.36. The van der Waals surface area contributed by atoms with Gasteiger partial charge < -0.3 is 15.8 Å². The smallest absolute Gasteiger partial charge is 0.381 e. The van der Waals surface area contributed by atoms with Gasteiger partial charge in [0.2, 0.25) is 5.91 Å². The number of hydrogen-bond donors (Lipinski definition) is 2. The van der Waals surface area contributed by atoms with Gasteiger partial charge in [-0.05, 0) is 31.0 Å². The molecule has 0 unspecified atom stereocenters. The lowest BCUT2D eigenvalue weighted by Gasteiger charge is -2.31. The SMILES string of the molecule is Cl.NC1(C(=O)Nc2cc(Br)cc(C(F)(F)F)c2)CCOCC1. The number of ether oxygens (including phenoxy) is 1. The largest absolute Gasteiger partial charge is 0.416 e. The number of alkyl halides is 3. The van der Waals surface area contributed by atoms with E-state index in [1.54, 1.807) is 0 Å². The van der Waals surface area contributed by atoms with Crippen LogP contribution in [0.5, 0.6) is 0 Å². The second kappa shape index (κ2) is 7.16. The molecule has 1 aromatic carbocycles. The van der Waals surface area contributed by atoms with Crippen LogP contribution in [0.4, 0.5) is 18.9 Å². The zero-order valence-corrected chi connectivity index (χ0v) is 13.8. The topological polar surface area (TPSA) is 64.4 Å². The Labute approximate surface area is 140 Å². The van der Waals surface area contributed by atoms with Crippen LogP contribution in [0.1, 0.15) is 18.4 Å². The van der Waals surface area contributed by atoms with Crippen molar-refractivity contribution in [2.45, 2.75) is 24.6 Å². The molecule has 1 aliphatic rings. The zero-order chi connectivity index (χ0) is 15.7. The van der Waals surface area contributed by atoms with Crippen LogP contribution in [0, 0.1) is 0 Å². The number of halogens is 5. The Morgan fingerprint density at radius 1 is 1.27 bits per heavy atom. The summed E-state index contributed by atoms with van der Waals surface area (Å²) in [5.74, 6) is -0.503. The lowest BCUT2D eigenvalue weighted by Crippen LogP contribution is -2.54. The van der Waals surface area contributed by atoms with Gasteiger partial charge in [-0.1, -0.05) is 15.9 Å². The summed E-state index contributed by atoms with van der Waals surface area (Å²) >= 11 is 3.00. The average molecular weight is 404 g/mol. The first-order valence-corrected chi connectivity index (χ1v) is 7.06. The van der Waals surface area contributed by atoms with Gasteiger partial charge in [-0.2, -0.15) is 13.2 Å². The van der Waals surface area contributed by atoms with Crippen LogP contribution in [0.25, 0.3) is 0 Å². The first kappa shape index (κ1) is 19.2. The summed E-state index contributed by atoms with van der Waals surface area (Å²) in [6.45, 7) is 0.715. The minimum atomic E-state index is -4.48. The molecule has 124 valence electrons. The summed E-state index contributed by atoms with van der Waals surface area (Å²) in [5.41, 5.74) is 4.09. The Morgan fingerprint density at radius 3 is 2.41 bits per heavy atom. The van der Waals surface area contributed by atoms with Crippen LogP contribution in [0.3, 0.4) is 0 Å². The predicted octanol–water partition coefficient (Wildman–Crippen LogP) is 3.34. The molecule has 1 heterocycles. The lowest BCUT2D eigenvalue weighted by molar-refractivity contribution is -0.137. The molecule has 0 saturated carbocycles. The minimum absolute atomic E-state index is 0. The monoisotopic (exact) mass is 402 g/mol. The molecule has 9 heteroatoms. The van der Waals surface area contributed by atoms with Crippen molar-refractivity contribution >= 4 is 39.9 Å². The maximum absolute atomic E-state index is 12.7. The Kier molecular flexibility index (Phi) is 6.26. The molecule has 1 fully saturated rings. The van der Waals surface area contributed by atoms with E-state index >= 15 is 0 Å². The number of hydrogen-bond acceptors (Lipinski definition) is 3. The van der Waals surface area contributed by atoms with Crippen molar-refractivity contribution in [3.8, 4) is 0 Å². The molecule has 0 atom stereocenters. The number of carbonyl (C=O) groups is 1. The highest BCUT2D eigenvalue weighted by molar-refractivity contribution is 9.10. The van der Waals surface area contributed by atoms with Gasteiger partial charge in [0.15, 0.2) is 0 Å². The second-order valence-corrected chi connectivity index (χ2v) is 5.86. The Bertz CT molecular complexity index is 549. The molecule has 0 spiro atoms. The molecule has 0 aromatic heterocycles. The summed E-state index contributed by atoms with van der Waals surface area (Å²) in [5, 5.41) is 2.46. The van der Waals surface area contributed by atoms with Gasteiger partial charge in [0.1, 0.15) is 5.54 Å². The molecule has 1 amide bonds. The molecular formula is C13H15BrClF3N2O2. The number of rotatable bonds is 2. The van der Waals surface area contributed by atoms with Crippen LogP contribution in [-0.2, 0) is 15.7 Å². The van der Waals surface area contributed by atoms with Crippen molar-refractivity contribution in [1.29, 1.82) is 0 Å². The Balaban J connectivity index is 0.00000242. The van der Waals surface area contributed by atoms with E-state index in [-0.39, 0.29) is 22.6 Å². The quantitative estimate of drug-likeness (QED) is 0.796. The Hall–Kier alpha value is -0.830. The van der Waals surface area contributed by atoms with E-state index in [9.17, 15) is 18.0 Å². The molecule has 0 radical (unpaired) electrons. The van der Waals surface area contributed by atoms with E-state index in [2.05, 4.69) is 21.2 Å². The molecule has 1 aliphatic heterocycles. The van der Waals surface area contributed by atoms with Crippen LogP contribution in [0.15, 0.2) is 22.7 Å². The van der Waals surface area contributed by atoms with Crippen LogP contribution in [0.2, 0.25) is 0 Å². The van der Waals surface area contributed by atoms with Crippen molar-refractivity contribution in [2.24, 2.45) is 5.73 Å². The third-order valence-electron chi connectivity index (χ3n) is 3.32. The third-order valence-corrected chi connectivity index (χ3v) is 3.78. The van der Waals surface area contributed by atoms with Gasteiger partial charge in [-0.15, -0.1) is 12.4 Å².